The number of rotatable bonds is 13. The van der Waals surface area contributed by atoms with Gasteiger partial charge in [-0.05, 0) is 48.0 Å². The molecule has 0 saturated heterocycles. The molecule has 0 aliphatic carbocycles. The Labute approximate surface area is 248 Å². The van der Waals surface area contributed by atoms with E-state index >= 15 is 0 Å². The zero-order chi connectivity index (χ0) is 30.4. The molecule has 0 aliphatic rings. The van der Waals surface area contributed by atoms with Gasteiger partial charge in [-0.25, -0.2) is 9.67 Å². The molecule has 0 unspecified atom stereocenters. The quantitative estimate of drug-likeness (QED) is 0.127. The number of hydrogen-bond acceptors (Lipinski definition) is 10. The van der Waals surface area contributed by atoms with Crippen LogP contribution >= 0.6 is 0 Å². The van der Waals surface area contributed by atoms with Gasteiger partial charge in [-0.3, -0.25) is 4.79 Å². The molecule has 0 bridgehead atoms. The molecule has 43 heavy (non-hydrogen) atoms. The molecule has 0 aliphatic heterocycles. The number of nitrogens with zero attached hydrogens (tertiary/aromatic N) is 3. The van der Waals surface area contributed by atoms with Gasteiger partial charge >= 0.3 is 10.1 Å². The topological polar surface area (TPSA) is 132 Å². The maximum atomic E-state index is 11.6. The molecule has 2 aromatic heterocycles. The number of carbonyl (C=O) groups excluding carboxylic acids is 1. The first-order valence-electron chi connectivity index (χ1n) is 13.3. The zero-order valence-electron chi connectivity index (χ0n) is 23.7. The highest BCUT2D eigenvalue weighted by Gasteiger charge is 2.17. The summed E-state index contributed by atoms with van der Waals surface area (Å²) in [6.07, 6.45) is 3.88. The minimum absolute atomic E-state index is 0.109. The van der Waals surface area contributed by atoms with Crippen molar-refractivity contribution in [1.82, 2.24) is 14.8 Å². The van der Waals surface area contributed by atoms with E-state index in [-0.39, 0.29) is 24.8 Å². The number of hydrogen-bond donors (Lipinski definition) is 0. The molecule has 0 amide bonds. The van der Waals surface area contributed by atoms with Gasteiger partial charge in [0, 0.05) is 18.2 Å². The maximum Gasteiger partial charge on any atom is 0.306 e. The van der Waals surface area contributed by atoms with Crippen LogP contribution in [0, 0.1) is 0 Å². The minimum atomic E-state index is -3.67. The maximum absolute atomic E-state index is 11.6. The monoisotopic (exact) mass is 603 g/mol. The summed E-state index contributed by atoms with van der Waals surface area (Å²) >= 11 is 0. The third kappa shape index (κ3) is 7.22. The first-order chi connectivity index (χ1) is 20.8. The summed E-state index contributed by atoms with van der Waals surface area (Å²) in [6, 6.07) is 21.3. The molecule has 5 rings (SSSR count). The minimum Gasteiger partial charge on any atom is -0.493 e. The van der Waals surface area contributed by atoms with Crippen molar-refractivity contribution >= 4 is 16.4 Å². The van der Waals surface area contributed by atoms with Crippen LogP contribution in [0.1, 0.15) is 34.3 Å². The second kappa shape index (κ2) is 12.8. The van der Waals surface area contributed by atoms with Gasteiger partial charge in [0.25, 0.3) is 0 Å². The van der Waals surface area contributed by atoms with Crippen LogP contribution in [0.2, 0.25) is 0 Å². The molecule has 0 fully saturated rings. The first kappa shape index (κ1) is 29.4. The molecule has 11 nitrogen and oxygen atoms in total. The summed E-state index contributed by atoms with van der Waals surface area (Å²) < 4.78 is 53.0. The summed E-state index contributed by atoms with van der Waals surface area (Å²) in [5.74, 6) is 2.31. The van der Waals surface area contributed by atoms with Gasteiger partial charge in [-0.15, -0.1) is 5.10 Å². The lowest BCUT2D eigenvalue weighted by molar-refractivity contribution is 0.111. The van der Waals surface area contributed by atoms with Gasteiger partial charge in [0.15, 0.2) is 17.8 Å². The largest absolute Gasteiger partial charge is 0.493 e. The fourth-order valence-electron chi connectivity index (χ4n) is 4.25. The molecule has 222 valence electrons. The number of oxazole rings is 1. The molecule has 0 N–H and O–H groups in total. The van der Waals surface area contributed by atoms with Crippen LogP contribution in [-0.4, -0.2) is 42.8 Å². The highest BCUT2D eigenvalue weighted by molar-refractivity contribution is 7.86. The Morgan fingerprint density at radius 2 is 1.77 bits per heavy atom. The van der Waals surface area contributed by atoms with E-state index in [9.17, 15) is 13.2 Å². The third-order valence-corrected chi connectivity index (χ3v) is 6.75. The average Bonchev–Trinajstić information content (AvgIpc) is 3.63. The predicted molar refractivity (Wildman–Crippen MR) is 157 cm³/mol. The molecule has 0 atom stereocenters. The van der Waals surface area contributed by atoms with Gasteiger partial charge in [0.2, 0.25) is 11.8 Å². The van der Waals surface area contributed by atoms with Crippen LogP contribution in [0.4, 0.5) is 0 Å². The van der Waals surface area contributed by atoms with E-state index in [1.54, 1.807) is 41.2 Å². The molecule has 0 saturated carbocycles. The van der Waals surface area contributed by atoms with Crippen molar-refractivity contribution in [2.45, 2.75) is 26.6 Å². The van der Waals surface area contributed by atoms with Crippen molar-refractivity contribution in [3.8, 4) is 40.3 Å². The van der Waals surface area contributed by atoms with E-state index in [2.05, 4.69) is 10.1 Å². The lowest BCUT2D eigenvalue weighted by Gasteiger charge is -2.12. The fourth-order valence-corrected chi connectivity index (χ4v) is 4.70. The average molecular weight is 604 g/mol. The first-order valence-corrected chi connectivity index (χ1v) is 15.1. The zero-order valence-corrected chi connectivity index (χ0v) is 24.5. The fraction of sp³-hybridized carbons (Fsp3) is 0.194. The third-order valence-electron chi connectivity index (χ3n) is 6.25. The predicted octanol–water partition coefficient (Wildman–Crippen LogP) is 5.41. The van der Waals surface area contributed by atoms with E-state index in [0.29, 0.717) is 52.7 Å². The highest BCUT2D eigenvalue weighted by atomic mass is 32.2. The second-order valence-electron chi connectivity index (χ2n) is 9.41. The lowest BCUT2D eigenvalue weighted by atomic mass is 10.2. The van der Waals surface area contributed by atoms with E-state index in [1.807, 2.05) is 43.3 Å². The molecule has 0 radical (unpaired) electrons. The number of aromatic nitrogens is 3. The smallest absolute Gasteiger partial charge is 0.306 e. The van der Waals surface area contributed by atoms with Crippen LogP contribution in [-0.2, 0) is 29.8 Å². The number of ether oxygens (including phenoxy) is 3. The summed E-state index contributed by atoms with van der Waals surface area (Å²) in [5.41, 5.74) is 3.09. The Hall–Kier alpha value is -5.10. The number of aldehydes is 1. The van der Waals surface area contributed by atoms with Gasteiger partial charge in [-0.1, -0.05) is 37.3 Å². The van der Waals surface area contributed by atoms with Crippen molar-refractivity contribution in [3.05, 3.63) is 102 Å². The summed E-state index contributed by atoms with van der Waals surface area (Å²) in [6.45, 7) is 2.20. The van der Waals surface area contributed by atoms with Gasteiger partial charge in [0.05, 0.1) is 24.6 Å². The van der Waals surface area contributed by atoms with Crippen molar-refractivity contribution < 1.29 is 36.0 Å². The van der Waals surface area contributed by atoms with Crippen LogP contribution in [0.3, 0.4) is 0 Å². The van der Waals surface area contributed by atoms with E-state index in [1.165, 1.54) is 13.2 Å². The Morgan fingerprint density at radius 1 is 0.953 bits per heavy atom. The van der Waals surface area contributed by atoms with Crippen LogP contribution in [0.5, 0.6) is 23.1 Å². The van der Waals surface area contributed by atoms with E-state index in [4.69, 9.17) is 22.8 Å². The van der Waals surface area contributed by atoms with Gasteiger partial charge < -0.3 is 22.8 Å². The number of benzene rings is 3. The molecule has 5 aromatic rings. The highest BCUT2D eigenvalue weighted by Crippen LogP contribution is 2.31. The lowest BCUT2D eigenvalue weighted by Crippen LogP contribution is -2.05. The molecular formula is C31H29N3O8S. The second-order valence-corrected chi connectivity index (χ2v) is 11.0. The molecule has 12 heteroatoms. The van der Waals surface area contributed by atoms with Crippen molar-refractivity contribution in [1.29, 1.82) is 0 Å². The van der Waals surface area contributed by atoms with E-state index < -0.39 is 10.1 Å². The van der Waals surface area contributed by atoms with Gasteiger partial charge in [0.1, 0.15) is 30.4 Å². The van der Waals surface area contributed by atoms with E-state index in [0.717, 1.165) is 17.5 Å². The van der Waals surface area contributed by atoms with Crippen LogP contribution < -0.4 is 18.4 Å². The Kier molecular flexibility index (Phi) is 8.77. The Bertz CT molecular complexity index is 1830. The molecule has 0 spiro atoms. The molecule has 3 aromatic carbocycles. The number of methoxy groups -OCH3 is 1. The standard InChI is InChI=1S/C31H29N3O8S/c1-4-27-26(32-30(41-27)22-9-8-12-25(16-22)42-43(3,36)37)20-39-28-14-13-21(15-29(28)38-2)19-40-31-23(18-35)17-34(33-31)24-10-6-5-7-11-24/h5-18H,4,19-20H2,1-3H3. The molecular weight excluding hydrogens is 574 g/mol. The molecule has 2 heterocycles. The van der Waals surface area contributed by atoms with Crippen molar-refractivity contribution in [3.63, 3.8) is 0 Å². The Balaban J connectivity index is 1.27. The number of carbonyl (C=O) groups is 1. The summed E-state index contributed by atoms with van der Waals surface area (Å²) in [5, 5.41) is 4.41. The Morgan fingerprint density at radius 3 is 2.49 bits per heavy atom. The number of aryl methyl sites for hydroxylation is 1. The SMILES string of the molecule is CCc1oc(-c2cccc(OS(C)(=O)=O)c2)nc1COc1ccc(COc2nn(-c3ccccc3)cc2C=O)cc1OC. The number of para-hydroxylation sites is 1. The summed E-state index contributed by atoms with van der Waals surface area (Å²) in [4.78, 5) is 16.2. The van der Waals surface area contributed by atoms with Crippen molar-refractivity contribution in [2.24, 2.45) is 0 Å². The van der Waals surface area contributed by atoms with Crippen molar-refractivity contribution in [2.75, 3.05) is 13.4 Å². The van der Waals surface area contributed by atoms with Crippen LogP contribution in [0.15, 0.2) is 83.4 Å². The van der Waals surface area contributed by atoms with Gasteiger partial charge in [-0.2, -0.15) is 8.42 Å². The summed E-state index contributed by atoms with van der Waals surface area (Å²) in [7, 11) is -2.13. The normalized spacial score (nSPS) is 11.2. The van der Waals surface area contributed by atoms with Crippen LogP contribution in [0.25, 0.3) is 17.1 Å².